The summed E-state index contributed by atoms with van der Waals surface area (Å²) < 4.78 is 72.8. The van der Waals surface area contributed by atoms with Crippen LogP contribution in [0, 0.1) is 16.0 Å². The van der Waals surface area contributed by atoms with Gasteiger partial charge in [0.25, 0.3) is 5.70 Å². The molecule has 0 spiro atoms. The second-order valence-electron chi connectivity index (χ2n) is 4.44. The Morgan fingerprint density at radius 1 is 1.33 bits per heavy atom. The summed E-state index contributed by atoms with van der Waals surface area (Å²) in [5.41, 5.74) is -6.29. The minimum Gasteiger partial charge on any atom is -0.469 e. The summed E-state index contributed by atoms with van der Waals surface area (Å²) in [7, 11) is -4.03. The van der Waals surface area contributed by atoms with Crippen molar-refractivity contribution in [3.63, 3.8) is 0 Å². The highest BCUT2D eigenvalue weighted by Crippen LogP contribution is 2.36. The molecular formula is C11H12F3NO8S. The molecule has 0 radical (unpaired) electrons. The standard InChI is InChI=1S/C11H12F3NO8S/c1-21-9(16)5-6-8(23-24(19,20)11(12,13)14)4-3-7(15(17)18)10(6)22-2/h3-4,6,10H,5H2,1-2H3/t6-,10?/m1/s1. The molecule has 1 aliphatic rings. The van der Waals surface area contributed by atoms with Crippen molar-refractivity contribution in [2.45, 2.75) is 18.0 Å². The van der Waals surface area contributed by atoms with Crippen LogP contribution in [0.2, 0.25) is 0 Å². The molecule has 9 nitrogen and oxygen atoms in total. The van der Waals surface area contributed by atoms with Crippen LogP contribution in [0.15, 0.2) is 23.6 Å². The van der Waals surface area contributed by atoms with Crippen molar-refractivity contribution < 1.29 is 45.0 Å². The van der Waals surface area contributed by atoms with Gasteiger partial charge in [-0.3, -0.25) is 14.9 Å². The van der Waals surface area contributed by atoms with Gasteiger partial charge in [-0.25, -0.2) is 0 Å². The molecule has 1 rings (SSSR count). The van der Waals surface area contributed by atoms with Crippen molar-refractivity contribution in [3.05, 3.63) is 33.7 Å². The lowest BCUT2D eigenvalue weighted by Gasteiger charge is -2.27. The van der Waals surface area contributed by atoms with Crippen molar-refractivity contribution >= 4 is 16.1 Å². The third kappa shape index (κ3) is 4.23. The van der Waals surface area contributed by atoms with Gasteiger partial charge in [-0.1, -0.05) is 0 Å². The summed E-state index contributed by atoms with van der Waals surface area (Å²) in [6, 6.07) is 0. The molecule has 24 heavy (non-hydrogen) atoms. The van der Waals surface area contributed by atoms with Gasteiger partial charge in [-0.15, -0.1) is 0 Å². The molecule has 1 unspecified atom stereocenters. The highest BCUT2D eigenvalue weighted by Gasteiger charge is 2.51. The van der Waals surface area contributed by atoms with Gasteiger partial charge in [0, 0.05) is 13.2 Å². The van der Waals surface area contributed by atoms with E-state index in [9.17, 15) is 36.5 Å². The van der Waals surface area contributed by atoms with E-state index in [1.165, 1.54) is 0 Å². The fourth-order valence-electron chi connectivity index (χ4n) is 1.93. The van der Waals surface area contributed by atoms with Gasteiger partial charge in [0.1, 0.15) is 5.76 Å². The van der Waals surface area contributed by atoms with E-state index in [0.717, 1.165) is 20.3 Å². The van der Waals surface area contributed by atoms with Crippen molar-refractivity contribution in [2.75, 3.05) is 14.2 Å². The Morgan fingerprint density at radius 3 is 2.33 bits per heavy atom. The van der Waals surface area contributed by atoms with Gasteiger partial charge in [-0.05, 0) is 6.08 Å². The zero-order valence-electron chi connectivity index (χ0n) is 12.3. The Morgan fingerprint density at radius 2 is 1.92 bits per heavy atom. The van der Waals surface area contributed by atoms with Crippen molar-refractivity contribution in [1.82, 2.24) is 0 Å². The molecule has 1 aliphatic carbocycles. The van der Waals surface area contributed by atoms with Crippen molar-refractivity contribution in [2.24, 2.45) is 5.92 Å². The van der Waals surface area contributed by atoms with E-state index in [2.05, 4.69) is 8.92 Å². The predicted octanol–water partition coefficient (Wildman–Crippen LogP) is 1.10. The molecule has 2 atom stereocenters. The van der Waals surface area contributed by atoms with E-state index >= 15 is 0 Å². The molecule has 0 saturated carbocycles. The van der Waals surface area contributed by atoms with Gasteiger partial charge in [0.2, 0.25) is 0 Å². The highest BCUT2D eigenvalue weighted by atomic mass is 32.2. The summed E-state index contributed by atoms with van der Waals surface area (Å²) in [4.78, 5) is 21.5. The molecule has 0 saturated heterocycles. The van der Waals surface area contributed by atoms with Crippen LogP contribution in [-0.2, 0) is 28.6 Å². The quantitative estimate of drug-likeness (QED) is 0.222. The smallest absolute Gasteiger partial charge is 0.469 e. The van der Waals surface area contributed by atoms with E-state index in [1.54, 1.807) is 0 Å². The summed E-state index contributed by atoms with van der Waals surface area (Å²) in [6.07, 6.45) is -0.796. The number of carbonyl (C=O) groups is 1. The van der Waals surface area contributed by atoms with Crippen molar-refractivity contribution in [3.8, 4) is 0 Å². The van der Waals surface area contributed by atoms with Gasteiger partial charge in [0.05, 0.1) is 24.4 Å². The summed E-state index contributed by atoms with van der Waals surface area (Å²) in [6.45, 7) is 0. The lowest BCUT2D eigenvalue weighted by molar-refractivity contribution is -0.438. The number of nitro groups is 1. The second kappa shape index (κ2) is 7.17. The minimum absolute atomic E-state index is 0.580. The van der Waals surface area contributed by atoms with Gasteiger partial charge >= 0.3 is 21.6 Å². The zero-order chi connectivity index (χ0) is 18.7. The number of ether oxygens (including phenoxy) is 2. The van der Waals surface area contributed by atoms with E-state index in [0.29, 0.717) is 6.08 Å². The summed E-state index contributed by atoms with van der Waals surface area (Å²) in [5.74, 6) is -3.27. The first-order valence-corrected chi connectivity index (χ1v) is 7.52. The molecule has 0 aromatic rings. The second-order valence-corrected chi connectivity index (χ2v) is 5.98. The van der Waals surface area contributed by atoms with Gasteiger partial charge < -0.3 is 13.7 Å². The monoisotopic (exact) mass is 375 g/mol. The predicted molar refractivity (Wildman–Crippen MR) is 70.1 cm³/mol. The zero-order valence-corrected chi connectivity index (χ0v) is 13.1. The molecule has 0 N–H and O–H groups in total. The van der Waals surface area contributed by atoms with Crippen LogP contribution in [0.5, 0.6) is 0 Å². The van der Waals surface area contributed by atoms with Crippen LogP contribution in [0.1, 0.15) is 6.42 Å². The molecule has 0 heterocycles. The number of alkyl halides is 3. The molecule has 0 aromatic heterocycles. The van der Waals surface area contributed by atoms with Gasteiger partial charge in [0.15, 0.2) is 6.10 Å². The molecule has 0 amide bonds. The highest BCUT2D eigenvalue weighted by molar-refractivity contribution is 7.87. The number of halogens is 3. The Hall–Kier alpha value is -2.15. The average molecular weight is 375 g/mol. The Kier molecular flexibility index (Phi) is 5.94. The molecule has 0 fully saturated rings. The third-order valence-electron chi connectivity index (χ3n) is 3.01. The SMILES string of the molecule is COC(=O)C[C@@H]1C(OS(=O)(=O)C(F)(F)F)=CC=C([N+](=O)[O-])C1OC. The number of allylic oxidation sites excluding steroid dienone is 2. The van der Waals surface area contributed by atoms with Crippen LogP contribution in [0.3, 0.4) is 0 Å². The lowest BCUT2D eigenvalue weighted by atomic mass is 9.90. The summed E-state index contributed by atoms with van der Waals surface area (Å²) >= 11 is 0. The van der Waals surface area contributed by atoms with Crippen LogP contribution >= 0.6 is 0 Å². The van der Waals surface area contributed by atoms with Gasteiger partial charge in [-0.2, -0.15) is 21.6 Å². The molecule has 136 valence electrons. The number of hydrogen-bond acceptors (Lipinski definition) is 8. The van der Waals surface area contributed by atoms with Crippen LogP contribution in [-0.4, -0.2) is 45.1 Å². The fourth-order valence-corrected chi connectivity index (χ4v) is 2.45. The Bertz CT molecular complexity index is 682. The van der Waals surface area contributed by atoms with Crippen molar-refractivity contribution in [1.29, 1.82) is 0 Å². The number of carbonyl (C=O) groups excluding carboxylic acids is 1. The number of methoxy groups -OCH3 is 2. The first-order chi connectivity index (χ1) is 10.9. The van der Waals surface area contributed by atoms with E-state index < -0.39 is 56.4 Å². The Balaban J connectivity index is 3.31. The summed E-state index contributed by atoms with van der Waals surface area (Å²) in [5, 5.41) is 10.9. The molecule has 0 aromatic carbocycles. The number of rotatable bonds is 6. The largest absolute Gasteiger partial charge is 0.534 e. The Labute approximate surface area is 133 Å². The van der Waals surface area contributed by atoms with E-state index in [4.69, 9.17) is 4.74 Å². The lowest BCUT2D eigenvalue weighted by Crippen LogP contribution is -2.36. The third-order valence-corrected chi connectivity index (χ3v) is 3.99. The van der Waals surface area contributed by atoms with E-state index in [-0.39, 0.29) is 0 Å². The first kappa shape index (κ1) is 19.9. The first-order valence-electron chi connectivity index (χ1n) is 6.11. The minimum atomic E-state index is -6.02. The van der Waals surface area contributed by atoms with Crippen LogP contribution < -0.4 is 0 Å². The van der Waals surface area contributed by atoms with Crippen LogP contribution in [0.25, 0.3) is 0 Å². The molecule has 0 bridgehead atoms. The number of nitrogens with zero attached hydrogens (tertiary/aromatic N) is 1. The van der Waals surface area contributed by atoms with Crippen LogP contribution in [0.4, 0.5) is 13.2 Å². The number of esters is 1. The maximum Gasteiger partial charge on any atom is 0.534 e. The molecule has 0 aliphatic heterocycles. The fraction of sp³-hybridized carbons (Fsp3) is 0.545. The topological polar surface area (TPSA) is 122 Å². The number of hydrogen-bond donors (Lipinski definition) is 0. The molecule has 13 heteroatoms. The maximum atomic E-state index is 12.4. The maximum absolute atomic E-state index is 12.4. The average Bonchev–Trinajstić information content (AvgIpc) is 2.46. The normalized spacial score (nSPS) is 21.5. The van der Waals surface area contributed by atoms with E-state index in [1.807, 2.05) is 0 Å². The molecular weight excluding hydrogens is 363 g/mol.